The lowest BCUT2D eigenvalue weighted by atomic mass is 10.1. The van der Waals surface area contributed by atoms with Gasteiger partial charge >= 0.3 is 0 Å². The number of ether oxygens (including phenoxy) is 1. The van der Waals surface area contributed by atoms with Crippen LogP contribution < -0.4 is 5.73 Å². The van der Waals surface area contributed by atoms with Crippen molar-refractivity contribution < 1.29 is 13.7 Å². The first-order valence-corrected chi connectivity index (χ1v) is 6.49. The van der Waals surface area contributed by atoms with E-state index in [0.717, 1.165) is 0 Å². The second-order valence-corrected chi connectivity index (χ2v) is 4.72. The first-order chi connectivity index (χ1) is 9.61. The minimum Gasteiger partial charge on any atom is -0.385 e. The Bertz CT molecular complexity index is 556. The summed E-state index contributed by atoms with van der Waals surface area (Å²) in [5.74, 6) is 0.261. The standard InChI is InChI=1S/C13H15ClFN3O2/c1-19-6-5-11(16)13-17-12(18-20-13)7-8-9(14)3-2-4-10(8)15/h2-4,11H,5-7,16H2,1H3. The van der Waals surface area contributed by atoms with E-state index >= 15 is 0 Å². The van der Waals surface area contributed by atoms with E-state index in [4.69, 9.17) is 26.6 Å². The van der Waals surface area contributed by atoms with Gasteiger partial charge in [0.2, 0.25) is 5.89 Å². The average molecular weight is 300 g/mol. The molecule has 20 heavy (non-hydrogen) atoms. The van der Waals surface area contributed by atoms with Gasteiger partial charge in [0.25, 0.3) is 0 Å². The molecule has 1 aromatic carbocycles. The molecule has 1 heterocycles. The van der Waals surface area contributed by atoms with Crippen LogP contribution in [0, 0.1) is 5.82 Å². The number of methoxy groups -OCH3 is 1. The maximum atomic E-state index is 13.7. The van der Waals surface area contributed by atoms with Gasteiger partial charge < -0.3 is 15.0 Å². The molecule has 5 nitrogen and oxygen atoms in total. The van der Waals surface area contributed by atoms with E-state index in [-0.39, 0.29) is 6.42 Å². The summed E-state index contributed by atoms with van der Waals surface area (Å²) in [5.41, 5.74) is 6.21. The monoisotopic (exact) mass is 299 g/mol. The molecule has 0 aliphatic heterocycles. The molecule has 0 radical (unpaired) electrons. The highest BCUT2D eigenvalue weighted by atomic mass is 35.5. The fraction of sp³-hybridized carbons (Fsp3) is 0.385. The van der Waals surface area contributed by atoms with Gasteiger partial charge in [-0.25, -0.2) is 4.39 Å². The van der Waals surface area contributed by atoms with Crippen molar-refractivity contribution in [3.8, 4) is 0 Å². The molecule has 0 fully saturated rings. The number of benzene rings is 1. The van der Waals surface area contributed by atoms with E-state index in [1.54, 1.807) is 19.2 Å². The van der Waals surface area contributed by atoms with Gasteiger partial charge in [0.05, 0.1) is 6.04 Å². The second-order valence-electron chi connectivity index (χ2n) is 4.31. The van der Waals surface area contributed by atoms with Crippen LogP contribution in [0.3, 0.4) is 0 Å². The topological polar surface area (TPSA) is 74.2 Å². The first-order valence-electron chi connectivity index (χ1n) is 6.11. The van der Waals surface area contributed by atoms with Gasteiger partial charge in [-0.2, -0.15) is 4.98 Å². The van der Waals surface area contributed by atoms with Gasteiger partial charge in [0, 0.05) is 30.7 Å². The predicted octanol–water partition coefficient (Wildman–Crippen LogP) is 2.49. The number of hydrogen-bond acceptors (Lipinski definition) is 5. The SMILES string of the molecule is COCCC(N)c1nc(Cc2c(F)cccc2Cl)no1. The van der Waals surface area contributed by atoms with Gasteiger partial charge in [0.1, 0.15) is 5.82 Å². The third kappa shape index (κ3) is 3.53. The van der Waals surface area contributed by atoms with Crippen LogP contribution in [0.25, 0.3) is 0 Å². The van der Waals surface area contributed by atoms with Crippen LogP contribution in [0.4, 0.5) is 4.39 Å². The summed E-state index contributed by atoms with van der Waals surface area (Å²) in [4.78, 5) is 4.16. The molecule has 0 amide bonds. The van der Waals surface area contributed by atoms with E-state index in [9.17, 15) is 4.39 Å². The summed E-state index contributed by atoms with van der Waals surface area (Å²) in [6.07, 6.45) is 0.727. The molecule has 0 spiro atoms. The van der Waals surface area contributed by atoms with Crippen molar-refractivity contribution >= 4 is 11.6 Å². The molecule has 0 bridgehead atoms. The summed E-state index contributed by atoms with van der Waals surface area (Å²) in [5, 5.41) is 4.12. The van der Waals surface area contributed by atoms with Crippen LogP contribution in [-0.4, -0.2) is 23.9 Å². The highest BCUT2D eigenvalue weighted by Gasteiger charge is 2.16. The van der Waals surface area contributed by atoms with Crippen molar-refractivity contribution in [3.05, 3.63) is 46.3 Å². The van der Waals surface area contributed by atoms with Crippen molar-refractivity contribution in [2.45, 2.75) is 18.9 Å². The van der Waals surface area contributed by atoms with Crippen LogP contribution in [0.2, 0.25) is 5.02 Å². The molecule has 2 aromatic rings. The van der Waals surface area contributed by atoms with Crippen LogP contribution in [0.5, 0.6) is 0 Å². The zero-order valence-corrected chi connectivity index (χ0v) is 11.7. The van der Waals surface area contributed by atoms with E-state index in [0.29, 0.717) is 35.3 Å². The molecule has 108 valence electrons. The van der Waals surface area contributed by atoms with Crippen molar-refractivity contribution in [2.75, 3.05) is 13.7 Å². The number of hydrogen-bond donors (Lipinski definition) is 1. The van der Waals surface area contributed by atoms with E-state index in [2.05, 4.69) is 10.1 Å². The van der Waals surface area contributed by atoms with Crippen molar-refractivity contribution in [3.63, 3.8) is 0 Å². The predicted molar refractivity (Wildman–Crippen MR) is 71.9 cm³/mol. The summed E-state index contributed by atoms with van der Waals surface area (Å²) < 4.78 is 23.7. The van der Waals surface area contributed by atoms with Gasteiger partial charge in [-0.15, -0.1) is 0 Å². The molecule has 0 aliphatic carbocycles. The lowest BCUT2D eigenvalue weighted by Gasteiger charge is -2.04. The van der Waals surface area contributed by atoms with Crippen molar-refractivity contribution in [1.29, 1.82) is 0 Å². The molecule has 1 atom stereocenters. The third-order valence-corrected chi connectivity index (χ3v) is 3.18. The summed E-state index contributed by atoms with van der Waals surface area (Å²) in [6.45, 7) is 0.498. The third-order valence-electron chi connectivity index (χ3n) is 2.83. The fourth-order valence-electron chi connectivity index (χ4n) is 1.72. The highest BCUT2D eigenvalue weighted by molar-refractivity contribution is 6.31. The summed E-state index contributed by atoms with van der Waals surface area (Å²) in [6, 6.07) is 4.11. The normalized spacial score (nSPS) is 12.6. The van der Waals surface area contributed by atoms with Gasteiger partial charge in [-0.1, -0.05) is 22.8 Å². The lowest BCUT2D eigenvalue weighted by molar-refractivity contribution is 0.182. The maximum Gasteiger partial charge on any atom is 0.243 e. The Labute approximate surface area is 120 Å². The minimum absolute atomic E-state index is 0.159. The minimum atomic E-state index is -0.396. The lowest BCUT2D eigenvalue weighted by Crippen LogP contribution is -2.13. The van der Waals surface area contributed by atoms with Crippen LogP contribution in [0.1, 0.15) is 29.7 Å². The Morgan fingerprint density at radius 2 is 2.30 bits per heavy atom. The number of nitrogens with two attached hydrogens (primary N) is 1. The fourth-order valence-corrected chi connectivity index (χ4v) is 1.95. The maximum absolute atomic E-state index is 13.7. The summed E-state index contributed by atoms with van der Waals surface area (Å²) in [7, 11) is 1.59. The second kappa shape index (κ2) is 6.78. The largest absolute Gasteiger partial charge is 0.385 e. The van der Waals surface area contributed by atoms with Crippen LogP contribution in [-0.2, 0) is 11.2 Å². The molecular formula is C13H15ClFN3O2. The van der Waals surface area contributed by atoms with Gasteiger partial charge in [0.15, 0.2) is 5.82 Å². The molecule has 7 heteroatoms. The Balaban J connectivity index is 2.10. The quantitative estimate of drug-likeness (QED) is 0.887. The van der Waals surface area contributed by atoms with Crippen LogP contribution >= 0.6 is 11.6 Å². The van der Waals surface area contributed by atoms with Crippen molar-refractivity contribution in [1.82, 2.24) is 10.1 Å². The van der Waals surface area contributed by atoms with Crippen LogP contribution in [0.15, 0.2) is 22.7 Å². The number of nitrogens with zero attached hydrogens (tertiary/aromatic N) is 2. The Morgan fingerprint density at radius 3 is 3.00 bits per heavy atom. The van der Waals surface area contributed by atoms with E-state index in [1.165, 1.54) is 6.07 Å². The summed E-state index contributed by atoms with van der Waals surface area (Å²) >= 11 is 5.95. The number of aromatic nitrogens is 2. The zero-order chi connectivity index (χ0) is 14.5. The van der Waals surface area contributed by atoms with E-state index in [1.807, 2.05) is 0 Å². The Kier molecular flexibility index (Phi) is 5.05. The number of rotatable bonds is 6. The van der Waals surface area contributed by atoms with E-state index < -0.39 is 11.9 Å². The molecule has 0 saturated heterocycles. The molecule has 2 rings (SSSR count). The average Bonchev–Trinajstić information content (AvgIpc) is 2.89. The highest BCUT2D eigenvalue weighted by Crippen LogP contribution is 2.22. The first kappa shape index (κ1) is 14.9. The van der Waals surface area contributed by atoms with Gasteiger partial charge in [-0.3, -0.25) is 0 Å². The molecule has 1 aromatic heterocycles. The van der Waals surface area contributed by atoms with Gasteiger partial charge in [-0.05, 0) is 18.6 Å². The molecule has 0 saturated carbocycles. The Hall–Kier alpha value is -1.50. The molecule has 0 aliphatic rings. The Morgan fingerprint density at radius 1 is 1.50 bits per heavy atom. The van der Waals surface area contributed by atoms with Crippen molar-refractivity contribution in [2.24, 2.45) is 5.73 Å². The zero-order valence-electron chi connectivity index (χ0n) is 11.0. The smallest absolute Gasteiger partial charge is 0.243 e. The molecular weight excluding hydrogens is 285 g/mol. The molecule has 1 unspecified atom stereocenters. The molecule has 2 N–H and O–H groups in total. The number of halogens is 2.